The van der Waals surface area contributed by atoms with Crippen molar-refractivity contribution in [2.24, 2.45) is 0 Å². The molecule has 1 rings (SSSR count). The van der Waals surface area contributed by atoms with E-state index in [1.807, 2.05) is 24.3 Å². The molecule has 0 aliphatic heterocycles. The van der Waals surface area contributed by atoms with Crippen molar-refractivity contribution in [1.82, 2.24) is 0 Å². The molecule has 5 heteroatoms. The van der Waals surface area contributed by atoms with Gasteiger partial charge in [-0.1, -0.05) is 15.9 Å². The highest BCUT2D eigenvalue weighted by Gasteiger charge is 2.07. The Morgan fingerprint density at radius 2 is 1.94 bits per heavy atom. The van der Waals surface area contributed by atoms with Gasteiger partial charge in [0.1, 0.15) is 10.2 Å². The minimum atomic E-state index is -0.953. The van der Waals surface area contributed by atoms with Crippen molar-refractivity contribution in [3.63, 3.8) is 0 Å². The van der Waals surface area contributed by atoms with Crippen LogP contribution in [0.1, 0.15) is 13.3 Å². The zero-order valence-corrected chi connectivity index (χ0v) is 12.4. The molecular formula is C12H12Br2O3. The minimum Gasteiger partial charge on any atom is -0.493 e. The number of carbonyl (C=O) groups is 1. The second kappa shape index (κ2) is 6.81. The molecule has 0 spiro atoms. The molecule has 0 amide bonds. The first-order valence-electron chi connectivity index (χ1n) is 4.97. The highest BCUT2D eigenvalue weighted by Crippen LogP contribution is 2.18. The summed E-state index contributed by atoms with van der Waals surface area (Å²) in [6.07, 6.45) is 0.572. The van der Waals surface area contributed by atoms with Gasteiger partial charge in [0.2, 0.25) is 0 Å². The number of rotatable bonds is 5. The predicted octanol–water partition coefficient (Wildman–Crippen LogP) is 3.97. The minimum absolute atomic E-state index is 0.205. The van der Waals surface area contributed by atoms with Crippen molar-refractivity contribution >= 4 is 37.8 Å². The Bertz CT molecular complexity index is 424. The topological polar surface area (TPSA) is 46.5 Å². The Morgan fingerprint density at radius 1 is 1.35 bits per heavy atom. The van der Waals surface area contributed by atoms with Crippen LogP contribution in [0, 0.1) is 0 Å². The fourth-order valence-corrected chi connectivity index (χ4v) is 1.61. The quantitative estimate of drug-likeness (QED) is 0.805. The summed E-state index contributed by atoms with van der Waals surface area (Å²) < 4.78 is 6.69. The van der Waals surface area contributed by atoms with Gasteiger partial charge in [0, 0.05) is 10.9 Å². The van der Waals surface area contributed by atoms with E-state index in [1.165, 1.54) is 0 Å². The number of aliphatic carboxylic acids is 1. The molecule has 0 aliphatic rings. The van der Waals surface area contributed by atoms with Crippen molar-refractivity contribution in [3.8, 4) is 5.75 Å². The van der Waals surface area contributed by atoms with Crippen LogP contribution in [0.5, 0.6) is 5.75 Å². The third-order valence-electron chi connectivity index (χ3n) is 2.12. The van der Waals surface area contributed by atoms with Gasteiger partial charge in [-0.15, -0.1) is 0 Å². The molecule has 1 aromatic rings. The Hall–Kier alpha value is -0.810. The van der Waals surface area contributed by atoms with E-state index in [0.29, 0.717) is 13.0 Å². The Morgan fingerprint density at radius 3 is 2.47 bits per heavy atom. The van der Waals surface area contributed by atoms with E-state index < -0.39 is 5.97 Å². The van der Waals surface area contributed by atoms with Crippen molar-refractivity contribution < 1.29 is 14.6 Å². The molecule has 0 unspecified atom stereocenters. The molecule has 3 nitrogen and oxygen atoms in total. The summed E-state index contributed by atoms with van der Waals surface area (Å²) in [6.45, 7) is 2.22. The Labute approximate surface area is 117 Å². The lowest BCUT2D eigenvalue weighted by atomic mass is 10.2. The SMILES string of the molecule is CC(CCOc1ccc(Br)cc1)=C(Br)C(=O)O. The van der Waals surface area contributed by atoms with E-state index in [2.05, 4.69) is 31.9 Å². The number of hydrogen-bond acceptors (Lipinski definition) is 2. The second-order valence-corrected chi connectivity index (χ2v) is 5.16. The van der Waals surface area contributed by atoms with Crippen molar-refractivity contribution in [1.29, 1.82) is 0 Å². The highest BCUT2D eigenvalue weighted by molar-refractivity contribution is 9.12. The van der Waals surface area contributed by atoms with Crippen LogP contribution < -0.4 is 4.74 Å². The number of hydrogen-bond donors (Lipinski definition) is 1. The van der Waals surface area contributed by atoms with Crippen LogP contribution in [0.15, 0.2) is 38.8 Å². The number of ether oxygens (including phenoxy) is 1. The zero-order valence-electron chi connectivity index (χ0n) is 9.24. The standard InChI is InChI=1S/C12H12Br2O3/c1-8(11(14)12(15)16)6-7-17-10-4-2-9(13)3-5-10/h2-5H,6-7H2,1H3,(H,15,16). The number of carboxylic acids is 1. The van der Waals surface area contributed by atoms with Gasteiger partial charge in [0.05, 0.1) is 6.61 Å². The average molecular weight is 364 g/mol. The van der Waals surface area contributed by atoms with E-state index in [9.17, 15) is 4.79 Å². The van der Waals surface area contributed by atoms with Gasteiger partial charge in [-0.3, -0.25) is 0 Å². The predicted molar refractivity (Wildman–Crippen MR) is 73.5 cm³/mol. The van der Waals surface area contributed by atoms with Crippen LogP contribution in [-0.4, -0.2) is 17.7 Å². The van der Waals surface area contributed by atoms with Crippen LogP contribution in [0.2, 0.25) is 0 Å². The first kappa shape index (κ1) is 14.3. The second-order valence-electron chi connectivity index (χ2n) is 3.45. The Balaban J connectivity index is 2.45. The van der Waals surface area contributed by atoms with Gasteiger partial charge >= 0.3 is 5.97 Å². The van der Waals surface area contributed by atoms with E-state index in [4.69, 9.17) is 9.84 Å². The van der Waals surface area contributed by atoms with Crippen LogP contribution >= 0.6 is 31.9 Å². The highest BCUT2D eigenvalue weighted by atomic mass is 79.9. The summed E-state index contributed by atoms with van der Waals surface area (Å²) in [5, 5.41) is 8.75. The maximum Gasteiger partial charge on any atom is 0.342 e. The fourth-order valence-electron chi connectivity index (χ4n) is 1.15. The average Bonchev–Trinajstić information content (AvgIpc) is 2.30. The smallest absolute Gasteiger partial charge is 0.342 e. The maximum absolute atomic E-state index is 10.7. The maximum atomic E-state index is 10.7. The third kappa shape index (κ3) is 4.91. The van der Waals surface area contributed by atoms with Gasteiger partial charge in [0.25, 0.3) is 0 Å². The summed E-state index contributed by atoms with van der Waals surface area (Å²) >= 11 is 6.36. The molecule has 0 saturated carbocycles. The molecule has 0 aliphatic carbocycles. The molecule has 0 saturated heterocycles. The lowest BCUT2D eigenvalue weighted by Gasteiger charge is -2.07. The summed E-state index contributed by atoms with van der Waals surface area (Å²) in [4.78, 5) is 10.7. The molecule has 0 heterocycles. The molecule has 92 valence electrons. The van der Waals surface area contributed by atoms with Gasteiger partial charge in [-0.05, 0) is 52.7 Å². The normalized spacial score (nSPS) is 11.9. The lowest BCUT2D eigenvalue weighted by Crippen LogP contribution is -2.02. The molecule has 0 atom stereocenters. The largest absolute Gasteiger partial charge is 0.493 e. The fraction of sp³-hybridized carbons (Fsp3) is 0.250. The first-order valence-corrected chi connectivity index (χ1v) is 6.56. The number of halogens is 2. The summed E-state index contributed by atoms with van der Waals surface area (Å²) in [7, 11) is 0. The molecule has 0 aromatic heterocycles. The van der Waals surface area contributed by atoms with Gasteiger partial charge in [-0.25, -0.2) is 4.79 Å². The molecule has 0 radical (unpaired) electrons. The van der Waals surface area contributed by atoms with Crippen LogP contribution in [0.25, 0.3) is 0 Å². The van der Waals surface area contributed by atoms with Crippen molar-refractivity contribution in [2.45, 2.75) is 13.3 Å². The van der Waals surface area contributed by atoms with Crippen LogP contribution in [-0.2, 0) is 4.79 Å². The van der Waals surface area contributed by atoms with Crippen molar-refractivity contribution in [2.75, 3.05) is 6.61 Å². The van der Waals surface area contributed by atoms with Gasteiger partial charge in [-0.2, -0.15) is 0 Å². The van der Waals surface area contributed by atoms with Crippen LogP contribution in [0.4, 0.5) is 0 Å². The number of benzene rings is 1. The monoisotopic (exact) mass is 362 g/mol. The third-order valence-corrected chi connectivity index (χ3v) is 3.67. The molecule has 1 N–H and O–H groups in total. The molecular weight excluding hydrogens is 352 g/mol. The first-order chi connectivity index (χ1) is 8.00. The summed E-state index contributed by atoms with van der Waals surface area (Å²) in [6, 6.07) is 7.50. The van der Waals surface area contributed by atoms with E-state index in [-0.39, 0.29) is 4.48 Å². The Kier molecular flexibility index (Phi) is 5.71. The summed E-state index contributed by atoms with van der Waals surface area (Å²) in [5.41, 5.74) is 0.759. The molecule has 0 fully saturated rings. The van der Waals surface area contributed by atoms with E-state index in [0.717, 1.165) is 15.8 Å². The zero-order chi connectivity index (χ0) is 12.8. The summed E-state index contributed by atoms with van der Waals surface area (Å²) in [5.74, 6) is -0.182. The molecule has 17 heavy (non-hydrogen) atoms. The van der Waals surface area contributed by atoms with Gasteiger partial charge < -0.3 is 9.84 Å². The lowest BCUT2D eigenvalue weighted by molar-refractivity contribution is -0.131. The van der Waals surface area contributed by atoms with Crippen molar-refractivity contribution in [3.05, 3.63) is 38.8 Å². The molecule has 0 bridgehead atoms. The number of carboxylic acid groups (broad SMARTS) is 1. The molecule has 1 aromatic carbocycles. The van der Waals surface area contributed by atoms with E-state index in [1.54, 1.807) is 6.92 Å². The van der Waals surface area contributed by atoms with Gasteiger partial charge in [0.15, 0.2) is 0 Å². The van der Waals surface area contributed by atoms with E-state index >= 15 is 0 Å². The van der Waals surface area contributed by atoms with Crippen LogP contribution in [0.3, 0.4) is 0 Å².